The van der Waals surface area contributed by atoms with Crippen LogP contribution in [0, 0.1) is 11.2 Å². The quantitative estimate of drug-likeness (QED) is 0.842. The summed E-state index contributed by atoms with van der Waals surface area (Å²) in [4.78, 5) is 0. The first kappa shape index (κ1) is 15.6. The highest BCUT2D eigenvalue weighted by atomic mass is 79.9. The van der Waals surface area contributed by atoms with Crippen LogP contribution in [0.4, 0.5) is 4.39 Å². The zero-order valence-electron chi connectivity index (χ0n) is 11.1. The van der Waals surface area contributed by atoms with Crippen LogP contribution in [0.5, 0.6) is 0 Å². The van der Waals surface area contributed by atoms with E-state index in [0.717, 1.165) is 23.0 Å². The van der Waals surface area contributed by atoms with Crippen LogP contribution in [-0.4, -0.2) is 17.8 Å². The summed E-state index contributed by atoms with van der Waals surface area (Å²) in [5.41, 5.74) is 1.07. The van der Waals surface area contributed by atoms with Gasteiger partial charge in [-0.25, -0.2) is 4.39 Å². The average Bonchev–Trinajstić information content (AvgIpc) is 2.19. The maximum absolute atomic E-state index is 12.9. The van der Waals surface area contributed by atoms with E-state index in [-0.39, 0.29) is 17.3 Å². The summed E-state index contributed by atoms with van der Waals surface area (Å²) in [6.45, 7) is 7.53. The largest absolute Gasteiger partial charge is 0.393 e. The number of hydrogen-bond acceptors (Lipinski definition) is 2. The molecule has 1 aromatic carbocycles. The molecule has 0 saturated carbocycles. The van der Waals surface area contributed by atoms with Crippen LogP contribution in [0.3, 0.4) is 0 Å². The highest BCUT2D eigenvalue weighted by molar-refractivity contribution is 9.10. The van der Waals surface area contributed by atoms with E-state index in [0.29, 0.717) is 6.54 Å². The Hall–Kier alpha value is -0.450. The number of rotatable bonds is 6. The van der Waals surface area contributed by atoms with Crippen molar-refractivity contribution in [3.63, 3.8) is 0 Å². The van der Waals surface area contributed by atoms with Gasteiger partial charge in [-0.2, -0.15) is 0 Å². The molecule has 1 atom stereocenters. The van der Waals surface area contributed by atoms with Crippen molar-refractivity contribution >= 4 is 15.9 Å². The number of hydrogen-bond donors (Lipinski definition) is 2. The molecule has 0 radical (unpaired) electrons. The van der Waals surface area contributed by atoms with Crippen LogP contribution in [0.2, 0.25) is 0 Å². The molecule has 0 aromatic heterocycles. The molecule has 0 aliphatic rings. The van der Waals surface area contributed by atoms with Crippen molar-refractivity contribution in [2.75, 3.05) is 6.54 Å². The lowest BCUT2D eigenvalue weighted by molar-refractivity contribution is 0.128. The van der Waals surface area contributed by atoms with E-state index in [1.165, 1.54) is 12.1 Å². The molecule has 0 saturated heterocycles. The highest BCUT2D eigenvalue weighted by Gasteiger charge is 2.19. The fourth-order valence-electron chi connectivity index (χ4n) is 2.07. The molecule has 0 aliphatic heterocycles. The molecule has 1 unspecified atom stereocenters. The lowest BCUT2D eigenvalue weighted by Gasteiger charge is -2.26. The maximum atomic E-state index is 12.9. The van der Waals surface area contributed by atoms with Crippen molar-refractivity contribution in [2.24, 2.45) is 5.41 Å². The first-order valence-corrected chi connectivity index (χ1v) is 6.92. The molecule has 2 nitrogen and oxygen atoms in total. The van der Waals surface area contributed by atoms with E-state index in [1.807, 2.05) is 0 Å². The second-order valence-corrected chi connectivity index (χ2v) is 6.41. The Labute approximate surface area is 117 Å². The van der Waals surface area contributed by atoms with Gasteiger partial charge < -0.3 is 10.4 Å². The van der Waals surface area contributed by atoms with Crippen molar-refractivity contribution in [1.29, 1.82) is 0 Å². The van der Waals surface area contributed by atoms with Crippen LogP contribution >= 0.6 is 15.9 Å². The van der Waals surface area contributed by atoms with E-state index in [2.05, 4.69) is 35.1 Å². The van der Waals surface area contributed by atoms with Crippen molar-refractivity contribution in [2.45, 2.75) is 39.8 Å². The molecule has 0 heterocycles. The third kappa shape index (κ3) is 5.46. The summed E-state index contributed by atoms with van der Waals surface area (Å²) >= 11 is 3.35. The van der Waals surface area contributed by atoms with Gasteiger partial charge in [-0.3, -0.25) is 0 Å². The van der Waals surface area contributed by atoms with Crippen LogP contribution in [0.15, 0.2) is 22.7 Å². The fourth-order valence-corrected chi connectivity index (χ4v) is 2.56. The molecule has 0 bridgehead atoms. The minimum Gasteiger partial charge on any atom is -0.393 e. The summed E-state index contributed by atoms with van der Waals surface area (Å²) in [5, 5.41) is 12.7. The van der Waals surface area contributed by atoms with E-state index >= 15 is 0 Å². The van der Waals surface area contributed by atoms with Crippen LogP contribution in [0.1, 0.15) is 32.8 Å². The summed E-state index contributed by atoms with van der Waals surface area (Å²) in [6, 6.07) is 4.70. The first-order chi connectivity index (χ1) is 8.30. The number of halogens is 2. The molecule has 0 fully saturated rings. The predicted octanol–water partition coefficient (Wildman–Crippen LogP) is 3.47. The SMILES string of the molecule is CC(O)CC(C)(C)CNCc1ccc(F)cc1Br. The van der Waals surface area contributed by atoms with Gasteiger partial charge in [0.25, 0.3) is 0 Å². The first-order valence-electron chi connectivity index (χ1n) is 6.13. The number of benzene rings is 1. The minimum atomic E-state index is -0.292. The van der Waals surface area contributed by atoms with E-state index in [1.54, 1.807) is 13.0 Å². The van der Waals surface area contributed by atoms with Gasteiger partial charge in [0.05, 0.1) is 6.10 Å². The molecule has 2 N–H and O–H groups in total. The van der Waals surface area contributed by atoms with E-state index in [9.17, 15) is 9.50 Å². The lowest BCUT2D eigenvalue weighted by Crippen LogP contribution is -2.31. The van der Waals surface area contributed by atoms with Gasteiger partial charge in [-0.05, 0) is 36.5 Å². The molecular weight excluding hydrogens is 297 g/mol. The third-order valence-electron chi connectivity index (χ3n) is 2.78. The fraction of sp³-hybridized carbons (Fsp3) is 0.571. The van der Waals surface area contributed by atoms with Gasteiger partial charge in [0.1, 0.15) is 5.82 Å². The normalized spacial score (nSPS) is 13.7. The third-order valence-corrected chi connectivity index (χ3v) is 3.52. The molecule has 102 valence electrons. The number of aliphatic hydroxyl groups is 1. The zero-order chi connectivity index (χ0) is 13.8. The second-order valence-electron chi connectivity index (χ2n) is 5.56. The van der Waals surface area contributed by atoms with Crippen molar-refractivity contribution in [3.05, 3.63) is 34.1 Å². The Morgan fingerprint density at radius 3 is 2.67 bits per heavy atom. The smallest absolute Gasteiger partial charge is 0.124 e. The molecule has 18 heavy (non-hydrogen) atoms. The van der Waals surface area contributed by atoms with E-state index < -0.39 is 0 Å². The minimum absolute atomic E-state index is 0.0423. The summed E-state index contributed by atoms with van der Waals surface area (Å²) < 4.78 is 13.7. The van der Waals surface area contributed by atoms with Gasteiger partial charge in [-0.15, -0.1) is 0 Å². The highest BCUT2D eigenvalue weighted by Crippen LogP contribution is 2.22. The Morgan fingerprint density at radius 1 is 1.44 bits per heavy atom. The second kappa shape index (κ2) is 6.64. The Balaban J connectivity index is 2.46. The van der Waals surface area contributed by atoms with Crippen molar-refractivity contribution in [3.8, 4) is 0 Å². The molecule has 4 heteroatoms. The van der Waals surface area contributed by atoms with Crippen LogP contribution in [-0.2, 0) is 6.54 Å². The summed E-state index contributed by atoms with van der Waals surface area (Å²) in [5.74, 6) is -0.236. The van der Waals surface area contributed by atoms with Gasteiger partial charge in [0, 0.05) is 17.6 Å². The maximum Gasteiger partial charge on any atom is 0.124 e. The summed E-state index contributed by atoms with van der Waals surface area (Å²) in [6.07, 6.45) is 0.462. The lowest BCUT2D eigenvalue weighted by atomic mass is 9.87. The molecule has 0 spiro atoms. The van der Waals surface area contributed by atoms with Gasteiger partial charge in [-0.1, -0.05) is 35.8 Å². The van der Waals surface area contributed by atoms with E-state index in [4.69, 9.17) is 0 Å². The molecular formula is C14H21BrFNO. The summed E-state index contributed by atoms with van der Waals surface area (Å²) in [7, 11) is 0. The van der Waals surface area contributed by atoms with Gasteiger partial charge in [0.2, 0.25) is 0 Å². The molecule has 1 aromatic rings. The topological polar surface area (TPSA) is 32.3 Å². The van der Waals surface area contributed by atoms with Crippen molar-refractivity contribution < 1.29 is 9.50 Å². The number of nitrogens with one attached hydrogen (secondary N) is 1. The Kier molecular flexibility index (Phi) is 5.76. The Morgan fingerprint density at radius 2 is 2.11 bits per heavy atom. The standard InChI is InChI=1S/C14H21BrFNO/c1-10(18)7-14(2,3)9-17-8-11-4-5-12(16)6-13(11)15/h4-6,10,17-18H,7-9H2,1-3H3. The monoisotopic (exact) mass is 317 g/mol. The zero-order valence-corrected chi connectivity index (χ0v) is 12.7. The molecule has 0 amide bonds. The molecule has 0 aliphatic carbocycles. The predicted molar refractivity (Wildman–Crippen MR) is 75.9 cm³/mol. The van der Waals surface area contributed by atoms with Crippen LogP contribution < -0.4 is 5.32 Å². The van der Waals surface area contributed by atoms with Gasteiger partial charge >= 0.3 is 0 Å². The van der Waals surface area contributed by atoms with Gasteiger partial charge in [0.15, 0.2) is 0 Å². The number of aliphatic hydroxyl groups excluding tert-OH is 1. The Bertz CT molecular complexity index is 393. The average molecular weight is 318 g/mol. The van der Waals surface area contributed by atoms with Crippen LogP contribution in [0.25, 0.3) is 0 Å². The van der Waals surface area contributed by atoms with Crippen molar-refractivity contribution in [1.82, 2.24) is 5.32 Å². The molecule has 1 rings (SSSR count).